The number of likely N-dealkylation sites (tertiary alicyclic amines) is 1. The number of hydrogen-bond acceptors (Lipinski definition) is 2. The molecular weight excluding hydrogens is 345 g/mol. The van der Waals surface area contributed by atoms with Crippen molar-refractivity contribution in [3.05, 3.63) is 71.0 Å². The smallest absolute Gasteiger partial charge is 0.335 e. The predicted octanol–water partition coefficient (Wildman–Crippen LogP) is 4.11. The van der Waals surface area contributed by atoms with Crippen LogP contribution in [0.3, 0.4) is 0 Å². The lowest BCUT2D eigenvalue weighted by Gasteiger charge is -2.34. The fourth-order valence-corrected chi connectivity index (χ4v) is 3.77. The van der Waals surface area contributed by atoms with E-state index in [0.29, 0.717) is 36.6 Å². The predicted molar refractivity (Wildman–Crippen MR) is 101 cm³/mol. The maximum Gasteiger partial charge on any atom is 0.335 e. The van der Waals surface area contributed by atoms with Crippen LogP contribution in [0, 0.1) is 11.7 Å². The molecule has 1 unspecified atom stereocenters. The summed E-state index contributed by atoms with van der Waals surface area (Å²) < 4.78 is 13.4. The van der Waals surface area contributed by atoms with Crippen LogP contribution in [0.5, 0.6) is 0 Å². The number of nitrogens with zero attached hydrogens (tertiary/aromatic N) is 1. The third-order valence-corrected chi connectivity index (χ3v) is 5.40. The first kappa shape index (κ1) is 19.1. The molecule has 2 aromatic carbocycles. The minimum absolute atomic E-state index is 0.0185. The third-order valence-electron chi connectivity index (χ3n) is 5.40. The number of rotatable bonds is 5. The minimum atomic E-state index is -0.901. The number of piperidine rings is 1. The van der Waals surface area contributed by atoms with Gasteiger partial charge in [0.15, 0.2) is 0 Å². The SMILES string of the molecule is CC(C(=O)N1CCC(Cc2ccccc2C(=O)O)CC1)c1cccc(F)c1. The van der Waals surface area contributed by atoms with Gasteiger partial charge in [0.2, 0.25) is 5.91 Å². The Morgan fingerprint density at radius 1 is 1.15 bits per heavy atom. The minimum Gasteiger partial charge on any atom is -0.478 e. The molecule has 0 spiro atoms. The van der Waals surface area contributed by atoms with Crippen LogP contribution in [0.2, 0.25) is 0 Å². The molecule has 27 heavy (non-hydrogen) atoms. The zero-order chi connectivity index (χ0) is 19.4. The molecule has 1 saturated heterocycles. The summed E-state index contributed by atoms with van der Waals surface area (Å²) in [7, 11) is 0. The van der Waals surface area contributed by atoms with Crippen molar-refractivity contribution in [1.29, 1.82) is 0 Å². The Balaban J connectivity index is 1.59. The molecule has 1 fully saturated rings. The number of carboxylic acid groups (broad SMARTS) is 1. The number of carboxylic acids is 1. The fourth-order valence-electron chi connectivity index (χ4n) is 3.77. The molecule has 142 valence electrons. The van der Waals surface area contributed by atoms with Crippen LogP contribution in [0.1, 0.15) is 47.2 Å². The summed E-state index contributed by atoms with van der Waals surface area (Å²) in [4.78, 5) is 25.9. The fraction of sp³-hybridized carbons (Fsp3) is 0.364. The Kier molecular flexibility index (Phi) is 5.89. The Hall–Kier alpha value is -2.69. The van der Waals surface area contributed by atoms with Crippen LogP contribution in [0.4, 0.5) is 4.39 Å². The molecule has 4 nitrogen and oxygen atoms in total. The highest BCUT2D eigenvalue weighted by molar-refractivity contribution is 5.89. The normalized spacial score (nSPS) is 16.1. The number of aromatic carboxylic acids is 1. The van der Waals surface area contributed by atoms with Gasteiger partial charge in [0, 0.05) is 13.1 Å². The summed E-state index contributed by atoms with van der Waals surface area (Å²) in [6.07, 6.45) is 2.40. The highest BCUT2D eigenvalue weighted by atomic mass is 19.1. The van der Waals surface area contributed by atoms with Gasteiger partial charge in [-0.3, -0.25) is 4.79 Å². The van der Waals surface area contributed by atoms with E-state index in [1.165, 1.54) is 12.1 Å². The summed E-state index contributed by atoms with van der Waals surface area (Å²) in [5, 5.41) is 9.32. The van der Waals surface area contributed by atoms with Crippen molar-refractivity contribution in [2.24, 2.45) is 5.92 Å². The average Bonchev–Trinajstić information content (AvgIpc) is 2.67. The van der Waals surface area contributed by atoms with Gasteiger partial charge in [0.1, 0.15) is 5.82 Å². The monoisotopic (exact) mass is 369 g/mol. The maximum atomic E-state index is 13.4. The van der Waals surface area contributed by atoms with Gasteiger partial charge in [-0.15, -0.1) is 0 Å². The Morgan fingerprint density at radius 2 is 1.85 bits per heavy atom. The standard InChI is InChI=1S/C22H24FNO3/c1-15(17-6-4-7-19(23)14-17)21(25)24-11-9-16(10-12-24)13-18-5-2-3-8-20(18)22(26)27/h2-8,14-16H,9-13H2,1H3,(H,26,27). The Bertz CT molecular complexity index is 828. The molecule has 1 N–H and O–H groups in total. The van der Waals surface area contributed by atoms with Gasteiger partial charge in [-0.25, -0.2) is 9.18 Å². The molecule has 0 radical (unpaired) electrons. The first-order chi connectivity index (χ1) is 13.0. The molecule has 0 aromatic heterocycles. The molecule has 0 bridgehead atoms. The van der Waals surface area contributed by atoms with Crippen molar-refractivity contribution in [1.82, 2.24) is 4.90 Å². The van der Waals surface area contributed by atoms with E-state index in [9.17, 15) is 19.1 Å². The number of amides is 1. The van der Waals surface area contributed by atoms with E-state index in [0.717, 1.165) is 18.4 Å². The van der Waals surface area contributed by atoms with Gasteiger partial charge in [0.25, 0.3) is 0 Å². The molecule has 1 aliphatic rings. The van der Waals surface area contributed by atoms with E-state index in [-0.39, 0.29) is 17.6 Å². The lowest BCUT2D eigenvalue weighted by Crippen LogP contribution is -2.41. The lowest BCUT2D eigenvalue weighted by molar-refractivity contribution is -0.133. The van der Waals surface area contributed by atoms with Crippen molar-refractivity contribution in [2.45, 2.75) is 32.1 Å². The second-order valence-electron chi connectivity index (χ2n) is 7.21. The van der Waals surface area contributed by atoms with E-state index in [2.05, 4.69) is 0 Å². The number of hydrogen-bond donors (Lipinski definition) is 1. The summed E-state index contributed by atoms with van der Waals surface area (Å²) >= 11 is 0. The first-order valence-electron chi connectivity index (χ1n) is 9.31. The largest absolute Gasteiger partial charge is 0.478 e. The van der Waals surface area contributed by atoms with Crippen molar-refractivity contribution < 1.29 is 19.1 Å². The maximum absolute atomic E-state index is 13.4. The second-order valence-corrected chi connectivity index (χ2v) is 7.21. The zero-order valence-electron chi connectivity index (χ0n) is 15.4. The molecule has 1 amide bonds. The third kappa shape index (κ3) is 4.54. The van der Waals surface area contributed by atoms with Crippen LogP contribution in [-0.2, 0) is 11.2 Å². The van der Waals surface area contributed by atoms with Crippen LogP contribution >= 0.6 is 0 Å². The summed E-state index contributed by atoms with van der Waals surface area (Å²) in [5.74, 6) is -1.22. The highest BCUT2D eigenvalue weighted by Gasteiger charge is 2.27. The topological polar surface area (TPSA) is 57.6 Å². The number of halogens is 1. The van der Waals surface area contributed by atoms with Gasteiger partial charge in [-0.1, -0.05) is 30.3 Å². The highest BCUT2D eigenvalue weighted by Crippen LogP contribution is 2.26. The van der Waals surface area contributed by atoms with E-state index in [1.807, 2.05) is 24.0 Å². The summed E-state index contributed by atoms with van der Waals surface area (Å²) in [6.45, 7) is 3.11. The van der Waals surface area contributed by atoms with E-state index < -0.39 is 5.97 Å². The zero-order valence-corrected chi connectivity index (χ0v) is 15.4. The second kappa shape index (κ2) is 8.33. The van der Waals surface area contributed by atoms with Crippen LogP contribution < -0.4 is 0 Å². The summed E-state index contributed by atoms with van der Waals surface area (Å²) in [5.41, 5.74) is 1.90. The van der Waals surface area contributed by atoms with Crippen molar-refractivity contribution in [3.8, 4) is 0 Å². The molecule has 3 rings (SSSR count). The van der Waals surface area contributed by atoms with E-state index >= 15 is 0 Å². The Labute approximate surface area is 158 Å². The van der Waals surface area contributed by atoms with Crippen LogP contribution in [0.15, 0.2) is 48.5 Å². The van der Waals surface area contributed by atoms with Crippen LogP contribution in [-0.4, -0.2) is 35.0 Å². The molecular formula is C22H24FNO3. The van der Waals surface area contributed by atoms with Gasteiger partial charge in [0.05, 0.1) is 11.5 Å². The first-order valence-corrected chi connectivity index (χ1v) is 9.31. The van der Waals surface area contributed by atoms with Gasteiger partial charge >= 0.3 is 5.97 Å². The quantitative estimate of drug-likeness (QED) is 0.863. The number of carbonyl (C=O) groups is 2. The molecule has 1 aliphatic heterocycles. The van der Waals surface area contributed by atoms with Crippen molar-refractivity contribution in [3.63, 3.8) is 0 Å². The summed E-state index contributed by atoms with van der Waals surface area (Å²) in [6, 6.07) is 13.3. The molecule has 0 aliphatic carbocycles. The molecule has 5 heteroatoms. The van der Waals surface area contributed by atoms with Gasteiger partial charge in [-0.2, -0.15) is 0 Å². The molecule has 1 heterocycles. The van der Waals surface area contributed by atoms with E-state index in [1.54, 1.807) is 24.3 Å². The van der Waals surface area contributed by atoms with Crippen molar-refractivity contribution in [2.75, 3.05) is 13.1 Å². The average molecular weight is 369 g/mol. The number of carbonyl (C=O) groups excluding carboxylic acids is 1. The van der Waals surface area contributed by atoms with E-state index in [4.69, 9.17) is 0 Å². The molecule has 0 saturated carbocycles. The Morgan fingerprint density at radius 3 is 2.52 bits per heavy atom. The number of benzene rings is 2. The molecule has 1 atom stereocenters. The molecule has 2 aromatic rings. The van der Waals surface area contributed by atoms with Gasteiger partial charge in [-0.05, 0) is 61.4 Å². The van der Waals surface area contributed by atoms with Gasteiger partial charge < -0.3 is 10.0 Å². The van der Waals surface area contributed by atoms with Crippen molar-refractivity contribution >= 4 is 11.9 Å². The lowest BCUT2D eigenvalue weighted by atomic mass is 9.87. The van der Waals surface area contributed by atoms with Crippen LogP contribution in [0.25, 0.3) is 0 Å².